The van der Waals surface area contributed by atoms with Crippen molar-refractivity contribution in [3.8, 4) is 0 Å². The molecule has 2 amide bonds. The Kier molecular flexibility index (Phi) is 3.65. The van der Waals surface area contributed by atoms with Crippen molar-refractivity contribution in [1.82, 2.24) is 15.5 Å². The predicted molar refractivity (Wildman–Crippen MR) is 64.8 cm³/mol. The Labute approximate surface area is 106 Å². The molecule has 2 heterocycles. The number of likely N-dealkylation sites (N-methyl/N-ethyl adjacent to an activating group) is 1. The number of carbonyl (C=O) groups is 3. The standard InChI is InChI=1S/C12H19N3O3/c1-7(16)9-4-3-5-10-11(17)14-6-8(13-2)12(18)15(9)10/h8-10,13H,3-6H2,1-2H3,(H,14,17)/t8-,9-,10?/m0/s1. The highest BCUT2D eigenvalue weighted by Crippen LogP contribution is 2.26. The normalized spacial score (nSPS) is 32.6. The van der Waals surface area contributed by atoms with Gasteiger partial charge in [0, 0.05) is 6.54 Å². The van der Waals surface area contributed by atoms with Crippen molar-refractivity contribution < 1.29 is 14.4 Å². The number of amides is 2. The zero-order valence-corrected chi connectivity index (χ0v) is 10.7. The Morgan fingerprint density at radius 1 is 1.39 bits per heavy atom. The van der Waals surface area contributed by atoms with E-state index in [1.54, 1.807) is 7.05 Å². The second-order valence-electron chi connectivity index (χ2n) is 4.91. The van der Waals surface area contributed by atoms with E-state index in [-0.39, 0.29) is 24.1 Å². The maximum absolute atomic E-state index is 12.4. The lowest BCUT2D eigenvalue weighted by Crippen LogP contribution is -2.58. The first-order chi connectivity index (χ1) is 8.56. The van der Waals surface area contributed by atoms with Gasteiger partial charge >= 0.3 is 0 Å². The highest BCUT2D eigenvalue weighted by molar-refractivity contribution is 5.96. The molecule has 2 aliphatic rings. The summed E-state index contributed by atoms with van der Waals surface area (Å²) in [5.74, 6) is -0.342. The second-order valence-corrected chi connectivity index (χ2v) is 4.91. The molecule has 18 heavy (non-hydrogen) atoms. The summed E-state index contributed by atoms with van der Waals surface area (Å²) in [5, 5.41) is 5.65. The average Bonchev–Trinajstić information content (AvgIpc) is 2.48. The molecule has 0 aromatic rings. The van der Waals surface area contributed by atoms with Gasteiger partial charge in [-0.25, -0.2) is 0 Å². The van der Waals surface area contributed by atoms with Gasteiger partial charge < -0.3 is 15.5 Å². The average molecular weight is 253 g/mol. The van der Waals surface area contributed by atoms with E-state index in [1.807, 2.05) is 0 Å². The topological polar surface area (TPSA) is 78.5 Å². The number of carbonyl (C=O) groups excluding carboxylic acids is 3. The largest absolute Gasteiger partial charge is 0.352 e. The van der Waals surface area contributed by atoms with Crippen LogP contribution < -0.4 is 10.6 Å². The molecule has 6 nitrogen and oxygen atoms in total. The van der Waals surface area contributed by atoms with Crippen LogP contribution in [0.15, 0.2) is 0 Å². The van der Waals surface area contributed by atoms with E-state index in [1.165, 1.54) is 11.8 Å². The van der Waals surface area contributed by atoms with Crippen LogP contribution in [0.5, 0.6) is 0 Å². The molecule has 0 saturated carbocycles. The molecule has 0 aromatic carbocycles. The number of hydrogen-bond donors (Lipinski definition) is 2. The van der Waals surface area contributed by atoms with Crippen molar-refractivity contribution in [3.63, 3.8) is 0 Å². The van der Waals surface area contributed by atoms with Crippen LogP contribution >= 0.6 is 0 Å². The second kappa shape index (κ2) is 5.06. The van der Waals surface area contributed by atoms with E-state index in [4.69, 9.17) is 0 Å². The highest BCUT2D eigenvalue weighted by atomic mass is 16.2. The maximum atomic E-state index is 12.4. The molecule has 2 fully saturated rings. The first-order valence-corrected chi connectivity index (χ1v) is 6.34. The summed E-state index contributed by atoms with van der Waals surface area (Å²) in [6.07, 6.45) is 2.09. The minimum atomic E-state index is -0.488. The molecule has 0 aromatic heterocycles. The molecule has 2 saturated heterocycles. The summed E-state index contributed by atoms with van der Waals surface area (Å²) in [6, 6.07) is -1.38. The number of piperidine rings is 1. The third-order valence-electron chi connectivity index (χ3n) is 3.78. The van der Waals surface area contributed by atoms with E-state index in [2.05, 4.69) is 10.6 Å². The lowest BCUT2D eigenvalue weighted by atomic mass is 9.92. The van der Waals surface area contributed by atoms with E-state index >= 15 is 0 Å². The first-order valence-electron chi connectivity index (χ1n) is 6.34. The summed E-state index contributed by atoms with van der Waals surface area (Å²) in [4.78, 5) is 37.5. The van der Waals surface area contributed by atoms with Crippen molar-refractivity contribution in [2.75, 3.05) is 13.6 Å². The van der Waals surface area contributed by atoms with Crippen LogP contribution in [0.25, 0.3) is 0 Å². The van der Waals surface area contributed by atoms with Gasteiger partial charge in [0.15, 0.2) is 5.78 Å². The van der Waals surface area contributed by atoms with E-state index in [0.717, 1.165) is 6.42 Å². The summed E-state index contributed by atoms with van der Waals surface area (Å²) in [6.45, 7) is 1.77. The third kappa shape index (κ3) is 2.12. The smallest absolute Gasteiger partial charge is 0.242 e. The molecule has 1 unspecified atom stereocenters. The van der Waals surface area contributed by atoms with Gasteiger partial charge in [-0.05, 0) is 33.2 Å². The van der Waals surface area contributed by atoms with Crippen LogP contribution in [-0.4, -0.2) is 54.2 Å². The van der Waals surface area contributed by atoms with Crippen LogP contribution in [-0.2, 0) is 14.4 Å². The molecule has 0 aliphatic carbocycles. The van der Waals surface area contributed by atoms with Gasteiger partial charge in [0.2, 0.25) is 11.8 Å². The Bertz CT molecular complexity index is 383. The maximum Gasteiger partial charge on any atom is 0.242 e. The van der Waals surface area contributed by atoms with Crippen LogP contribution in [0.2, 0.25) is 0 Å². The van der Waals surface area contributed by atoms with Crippen molar-refractivity contribution >= 4 is 17.6 Å². The van der Waals surface area contributed by atoms with Gasteiger partial charge in [0.05, 0.1) is 6.04 Å². The number of rotatable bonds is 2. The monoisotopic (exact) mass is 253 g/mol. The molecule has 2 aliphatic heterocycles. The molecular weight excluding hydrogens is 234 g/mol. The van der Waals surface area contributed by atoms with Gasteiger partial charge in [0.1, 0.15) is 12.1 Å². The van der Waals surface area contributed by atoms with Crippen molar-refractivity contribution in [2.45, 2.75) is 44.3 Å². The third-order valence-corrected chi connectivity index (χ3v) is 3.78. The van der Waals surface area contributed by atoms with Gasteiger partial charge in [-0.3, -0.25) is 14.4 Å². The molecule has 0 radical (unpaired) electrons. The number of hydrogen-bond acceptors (Lipinski definition) is 4. The van der Waals surface area contributed by atoms with E-state index in [9.17, 15) is 14.4 Å². The lowest BCUT2D eigenvalue weighted by molar-refractivity contribution is -0.148. The SMILES string of the molecule is CN[C@H]1CNC(=O)C2CCC[C@@H](C(C)=O)N2C1=O. The molecule has 2 rings (SSSR count). The van der Waals surface area contributed by atoms with Crippen molar-refractivity contribution in [1.29, 1.82) is 0 Å². The number of Topliss-reactive ketones (excluding diaryl/α,β-unsaturated/α-hetero) is 1. The zero-order valence-electron chi connectivity index (χ0n) is 10.7. The van der Waals surface area contributed by atoms with Gasteiger partial charge in [0.25, 0.3) is 0 Å². The minimum absolute atomic E-state index is 0.0439. The van der Waals surface area contributed by atoms with E-state index < -0.39 is 18.1 Å². The Morgan fingerprint density at radius 3 is 2.72 bits per heavy atom. The summed E-state index contributed by atoms with van der Waals surface area (Å²) in [7, 11) is 1.68. The summed E-state index contributed by atoms with van der Waals surface area (Å²) < 4.78 is 0. The molecule has 6 heteroatoms. The lowest BCUT2D eigenvalue weighted by Gasteiger charge is -2.39. The summed E-state index contributed by atoms with van der Waals surface area (Å²) in [5.41, 5.74) is 0. The zero-order chi connectivity index (χ0) is 13.3. The molecule has 3 atom stereocenters. The number of fused-ring (bicyclic) bond motifs is 1. The molecule has 0 bridgehead atoms. The van der Waals surface area contributed by atoms with E-state index in [0.29, 0.717) is 12.8 Å². The Balaban J connectivity index is 2.34. The minimum Gasteiger partial charge on any atom is -0.352 e. The highest BCUT2D eigenvalue weighted by Gasteiger charge is 2.44. The first kappa shape index (κ1) is 13.0. The van der Waals surface area contributed by atoms with Crippen molar-refractivity contribution in [2.24, 2.45) is 0 Å². The summed E-state index contributed by atoms with van der Waals surface area (Å²) >= 11 is 0. The number of nitrogens with zero attached hydrogens (tertiary/aromatic N) is 1. The molecular formula is C12H19N3O3. The van der Waals surface area contributed by atoms with Gasteiger partial charge in [-0.1, -0.05) is 0 Å². The Hall–Kier alpha value is -1.43. The number of ketones is 1. The van der Waals surface area contributed by atoms with Crippen LogP contribution in [0.3, 0.4) is 0 Å². The fourth-order valence-electron chi connectivity index (χ4n) is 2.78. The Morgan fingerprint density at radius 2 is 2.11 bits per heavy atom. The van der Waals surface area contributed by atoms with Crippen LogP contribution in [0.1, 0.15) is 26.2 Å². The van der Waals surface area contributed by atoms with Gasteiger partial charge in [-0.2, -0.15) is 0 Å². The fourth-order valence-corrected chi connectivity index (χ4v) is 2.78. The number of nitrogens with one attached hydrogen (secondary N) is 2. The molecule has 0 spiro atoms. The molecule has 100 valence electrons. The van der Waals surface area contributed by atoms with Crippen molar-refractivity contribution in [3.05, 3.63) is 0 Å². The molecule has 2 N–H and O–H groups in total. The van der Waals surface area contributed by atoms with Crippen LogP contribution in [0.4, 0.5) is 0 Å². The van der Waals surface area contributed by atoms with Gasteiger partial charge in [-0.15, -0.1) is 0 Å². The quantitative estimate of drug-likeness (QED) is 0.664. The predicted octanol–water partition coefficient (Wildman–Crippen LogP) is -0.957. The van der Waals surface area contributed by atoms with Crippen LogP contribution in [0, 0.1) is 0 Å². The fraction of sp³-hybridized carbons (Fsp3) is 0.750.